The summed E-state index contributed by atoms with van der Waals surface area (Å²) in [5.41, 5.74) is 18.6. The first kappa shape index (κ1) is 36.8. The first-order valence-corrected chi connectivity index (χ1v) is 21.3. The molecule has 0 fully saturated rings. The molecule has 0 bridgehead atoms. The number of para-hydroxylation sites is 2. The van der Waals surface area contributed by atoms with E-state index in [9.17, 15) is 0 Å². The van der Waals surface area contributed by atoms with E-state index in [0.717, 1.165) is 39.4 Å². The summed E-state index contributed by atoms with van der Waals surface area (Å²) in [5.74, 6) is 0. The van der Waals surface area contributed by atoms with Crippen LogP contribution in [0, 0.1) is 0 Å². The number of hydrogen-bond donors (Lipinski definition) is 0. The number of anilines is 3. The summed E-state index contributed by atoms with van der Waals surface area (Å²) in [7, 11) is 0. The summed E-state index contributed by atoms with van der Waals surface area (Å²) >= 11 is 0. The molecule has 0 N–H and O–H groups in total. The highest BCUT2D eigenvalue weighted by Crippen LogP contribution is 2.48. The van der Waals surface area contributed by atoms with Crippen molar-refractivity contribution in [2.24, 2.45) is 0 Å². The minimum atomic E-state index is 1.07. The Kier molecular flexibility index (Phi) is 9.57. The van der Waals surface area contributed by atoms with Crippen LogP contribution < -0.4 is 4.90 Å². The molecule has 62 heavy (non-hydrogen) atoms. The monoisotopic (exact) mass is 790 g/mol. The summed E-state index contributed by atoms with van der Waals surface area (Å²) in [4.78, 5) is 2.48. The van der Waals surface area contributed by atoms with Gasteiger partial charge in [0.25, 0.3) is 0 Å². The normalized spacial score (nSPS) is 11.2. The van der Waals surface area contributed by atoms with Gasteiger partial charge in [0.2, 0.25) is 0 Å². The number of hydrogen-bond acceptors (Lipinski definition) is 1. The van der Waals surface area contributed by atoms with E-state index < -0.39 is 0 Å². The van der Waals surface area contributed by atoms with Crippen molar-refractivity contribution in [3.8, 4) is 61.3 Å². The van der Waals surface area contributed by atoms with Crippen molar-refractivity contribution >= 4 is 38.9 Å². The van der Waals surface area contributed by atoms with Crippen molar-refractivity contribution in [1.29, 1.82) is 0 Å². The van der Waals surface area contributed by atoms with Gasteiger partial charge in [-0.2, -0.15) is 0 Å². The van der Waals surface area contributed by atoms with Gasteiger partial charge in [0, 0.05) is 27.7 Å². The van der Waals surface area contributed by atoms with Gasteiger partial charge in [-0.05, 0) is 105 Å². The molecule has 0 saturated heterocycles. The maximum Gasteiger partial charge on any atom is 0.0562 e. The highest BCUT2D eigenvalue weighted by Gasteiger charge is 2.24. The zero-order valence-corrected chi connectivity index (χ0v) is 34.1. The number of rotatable bonds is 9. The van der Waals surface area contributed by atoms with Crippen LogP contribution in [0.2, 0.25) is 0 Å². The minimum absolute atomic E-state index is 1.07. The Bertz CT molecular complexity index is 3310. The molecular formula is C60H42N2. The summed E-state index contributed by atoms with van der Waals surface area (Å²) in [6.45, 7) is 0. The quantitative estimate of drug-likeness (QED) is 0.141. The predicted octanol–water partition coefficient (Wildman–Crippen LogP) is 16.6. The SMILES string of the molecule is c1ccc(-c2ccccc2-c2ccc(N(c3ccc(-c4ccccc4-c4ccccc4)cc3-c3ccccc3)c3cccc4c3c3ccccc3n4-c3ccccc3)cc2)cc1. The molecule has 0 unspecified atom stereocenters. The Hall–Kier alpha value is -8.20. The lowest BCUT2D eigenvalue weighted by atomic mass is 9.91. The third-order valence-electron chi connectivity index (χ3n) is 12.0. The second-order valence-corrected chi connectivity index (χ2v) is 15.7. The summed E-state index contributed by atoms with van der Waals surface area (Å²) in [5, 5.41) is 2.40. The Morgan fingerprint density at radius 1 is 0.274 bits per heavy atom. The lowest BCUT2D eigenvalue weighted by Gasteiger charge is -2.29. The van der Waals surface area contributed by atoms with Gasteiger partial charge in [-0.1, -0.05) is 200 Å². The molecule has 0 aliphatic rings. The highest BCUT2D eigenvalue weighted by molar-refractivity contribution is 6.17. The molecular weight excluding hydrogens is 749 g/mol. The van der Waals surface area contributed by atoms with Gasteiger partial charge < -0.3 is 9.47 Å². The van der Waals surface area contributed by atoms with E-state index in [1.165, 1.54) is 60.8 Å². The van der Waals surface area contributed by atoms with E-state index in [4.69, 9.17) is 0 Å². The second kappa shape index (κ2) is 16.1. The van der Waals surface area contributed by atoms with E-state index in [1.54, 1.807) is 0 Å². The number of fused-ring (bicyclic) bond motifs is 3. The molecule has 10 aromatic carbocycles. The van der Waals surface area contributed by atoms with Gasteiger partial charge in [0.05, 0.1) is 22.4 Å². The molecule has 2 heteroatoms. The van der Waals surface area contributed by atoms with Gasteiger partial charge in [-0.25, -0.2) is 0 Å². The van der Waals surface area contributed by atoms with E-state index in [2.05, 4.69) is 264 Å². The highest BCUT2D eigenvalue weighted by atomic mass is 15.2. The predicted molar refractivity (Wildman–Crippen MR) is 263 cm³/mol. The van der Waals surface area contributed by atoms with Crippen LogP contribution in [0.4, 0.5) is 17.1 Å². The Morgan fingerprint density at radius 2 is 0.710 bits per heavy atom. The molecule has 11 rings (SSSR count). The van der Waals surface area contributed by atoms with Gasteiger partial charge in [0.15, 0.2) is 0 Å². The van der Waals surface area contributed by atoms with E-state index >= 15 is 0 Å². The van der Waals surface area contributed by atoms with Crippen LogP contribution in [0.3, 0.4) is 0 Å². The second-order valence-electron chi connectivity index (χ2n) is 15.7. The van der Waals surface area contributed by atoms with Crippen molar-refractivity contribution in [3.63, 3.8) is 0 Å². The Morgan fingerprint density at radius 3 is 1.29 bits per heavy atom. The molecule has 0 spiro atoms. The zero-order chi connectivity index (χ0) is 41.2. The average Bonchev–Trinajstić information content (AvgIpc) is 3.70. The van der Waals surface area contributed by atoms with Crippen LogP contribution in [0.15, 0.2) is 255 Å². The molecule has 11 aromatic rings. The Balaban J connectivity index is 1.16. The van der Waals surface area contributed by atoms with Gasteiger partial charge in [0.1, 0.15) is 0 Å². The molecule has 1 heterocycles. The van der Waals surface area contributed by atoms with E-state index in [-0.39, 0.29) is 0 Å². The van der Waals surface area contributed by atoms with Crippen LogP contribution in [-0.2, 0) is 0 Å². The summed E-state index contributed by atoms with van der Waals surface area (Å²) in [6, 6.07) is 92.1. The van der Waals surface area contributed by atoms with Gasteiger partial charge in [-0.15, -0.1) is 0 Å². The third-order valence-corrected chi connectivity index (χ3v) is 12.0. The van der Waals surface area contributed by atoms with Crippen molar-refractivity contribution in [1.82, 2.24) is 4.57 Å². The van der Waals surface area contributed by atoms with Gasteiger partial charge in [-0.3, -0.25) is 0 Å². The average molecular weight is 791 g/mol. The van der Waals surface area contributed by atoms with Gasteiger partial charge >= 0.3 is 0 Å². The van der Waals surface area contributed by atoms with E-state index in [1.807, 2.05) is 0 Å². The number of nitrogens with zero attached hydrogens (tertiary/aromatic N) is 2. The van der Waals surface area contributed by atoms with Crippen molar-refractivity contribution in [2.45, 2.75) is 0 Å². The standard InChI is InChI=1S/C60H42N2/c1-5-20-43(21-6-1)50-28-13-14-30-52(50)46-36-39-49(40-37-46)62(59-35-19-34-58-60(59)54-32-17-18-33-56(54)61(58)48-26-11-4-12-27-48)57-41-38-47(42-55(57)45-24-9-3-10-25-45)53-31-16-15-29-51(53)44-22-7-2-8-23-44/h1-42H. The van der Waals surface area contributed by atoms with E-state index in [0.29, 0.717) is 0 Å². The molecule has 0 saturated carbocycles. The fourth-order valence-electron chi connectivity index (χ4n) is 9.20. The van der Waals surface area contributed by atoms with Crippen LogP contribution >= 0.6 is 0 Å². The molecule has 0 atom stereocenters. The van der Waals surface area contributed by atoms with Crippen LogP contribution in [0.25, 0.3) is 83.1 Å². The maximum absolute atomic E-state index is 2.48. The van der Waals surface area contributed by atoms with Crippen molar-refractivity contribution in [3.05, 3.63) is 255 Å². The largest absolute Gasteiger partial charge is 0.309 e. The molecule has 0 radical (unpaired) electrons. The topological polar surface area (TPSA) is 8.17 Å². The van der Waals surface area contributed by atoms with Crippen LogP contribution in [-0.4, -0.2) is 4.57 Å². The molecule has 0 aliphatic heterocycles. The first-order chi connectivity index (χ1) is 30.8. The molecule has 0 amide bonds. The maximum atomic E-state index is 2.48. The molecule has 2 nitrogen and oxygen atoms in total. The zero-order valence-electron chi connectivity index (χ0n) is 34.1. The third kappa shape index (κ3) is 6.65. The minimum Gasteiger partial charge on any atom is -0.309 e. The van der Waals surface area contributed by atoms with Crippen LogP contribution in [0.1, 0.15) is 0 Å². The number of aromatic nitrogens is 1. The molecule has 1 aromatic heterocycles. The fraction of sp³-hybridized carbons (Fsp3) is 0. The first-order valence-electron chi connectivity index (χ1n) is 21.3. The lowest BCUT2D eigenvalue weighted by Crippen LogP contribution is -2.12. The number of benzene rings is 10. The Labute approximate surface area is 362 Å². The molecule has 292 valence electrons. The van der Waals surface area contributed by atoms with Crippen molar-refractivity contribution in [2.75, 3.05) is 4.90 Å². The smallest absolute Gasteiger partial charge is 0.0562 e. The summed E-state index contributed by atoms with van der Waals surface area (Å²) < 4.78 is 2.40. The van der Waals surface area contributed by atoms with Crippen molar-refractivity contribution < 1.29 is 0 Å². The van der Waals surface area contributed by atoms with Crippen LogP contribution in [0.5, 0.6) is 0 Å². The fourth-order valence-corrected chi connectivity index (χ4v) is 9.20. The molecule has 0 aliphatic carbocycles. The lowest BCUT2D eigenvalue weighted by molar-refractivity contribution is 1.18. The summed E-state index contributed by atoms with van der Waals surface area (Å²) in [6.07, 6.45) is 0.